The quantitative estimate of drug-likeness (QED) is 0.802. The zero-order valence-corrected chi connectivity index (χ0v) is 11.5. The maximum atomic E-state index is 13.1. The van der Waals surface area contributed by atoms with Gasteiger partial charge in [0.25, 0.3) is 0 Å². The van der Waals surface area contributed by atoms with Gasteiger partial charge in [0.2, 0.25) is 0 Å². The topological polar surface area (TPSA) is 12.0 Å². The maximum absolute atomic E-state index is 13.1. The van der Waals surface area contributed by atoms with Crippen molar-refractivity contribution in [1.29, 1.82) is 0 Å². The Balaban J connectivity index is 2.02. The average Bonchev–Trinajstić information content (AvgIpc) is 2.58. The Kier molecular flexibility index (Phi) is 4.76. The molecule has 0 radical (unpaired) electrons. The highest BCUT2D eigenvalue weighted by atomic mass is 19.1. The van der Waals surface area contributed by atoms with Gasteiger partial charge in [-0.2, -0.15) is 0 Å². The molecule has 0 bridgehead atoms. The third kappa shape index (κ3) is 3.55. The van der Waals surface area contributed by atoms with Crippen molar-refractivity contribution in [2.24, 2.45) is 5.92 Å². The molecule has 1 aromatic carbocycles. The van der Waals surface area contributed by atoms with Gasteiger partial charge in [-0.3, -0.25) is 0 Å². The summed E-state index contributed by atoms with van der Waals surface area (Å²) in [5.74, 6) is 0.624. The van der Waals surface area contributed by atoms with Gasteiger partial charge in [0.15, 0.2) is 0 Å². The number of rotatable bonds is 3. The highest BCUT2D eigenvalue weighted by molar-refractivity contribution is 5.27. The van der Waals surface area contributed by atoms with Crippen LogP contribution in [0.15, 0.2) is 18.2 Å². The summed E-state index contributed by atoms with van der Waals surface area (Å²) in [5.41, 5.74) is 2.42. The number of halogens is 1. The lowest BCUT2D eigenvalue weighted by Crippen LogP contribution is -2.26. The Morgan fingerprint density at radius 3 is 2.78 bits per heavy atom. The van der Waals surface area contributed by atoms with Crippen LogP contribution in [-0.2, 0) is 6.42 Å². The van der Waals surface area contributed by atoms with E-state index in [9.17, 15) is 4.39 Å². The normalized spacial score (nSPS) is 24.8. The van der Waals surface area contributed by atoms with Gasteiger partial charge in [0, 0.05) is 6.04 Å². The van der Waals surface area contributed by atoms with Crippen molar-refractivity contribution >= 4 is 0 Å². The minimum Gasteiger partial charge on any atom is -0.317 e. The van der Waals surface area contributed by atoms with Crippen LogP contribution in [0.3, 0.4) is 0 Å². The van der Waals surface area contributed by atoms with Crippen LogP contribution < -0.4 is 5.32 Å². The van der Waals surface area contributed by atoms with Crippen molar-refractivity contribution in [2.45, 2.75) is 51.5 Å². The summed E-state index contributed by atoms with van der Waals surface area (Å²) < 4.78 is 13.1. The van der Waals surface area contributed by atoms with Crippen LogP contribution in [-0.4, -0.2) is 13.1 Å². The van der Waals surface area contributed by atoms with Gasteiger partial charge in [0.05, 0.1) is 0 Å². The molecule has 1 saturated carbocycles. The summed E-state index contributed by atoms with van der Waals surface area (Å²) in [4.78, 5) is 0. The Morgan fingerprint density at radius 2 is 2.06 bits per heavy atom. The number of hydrogen-bond donors (Lipinski definition) is 1. The molecule has 1 aromatic rings. The molecule has 0 aromatic heterocycles. The standard InChI is InChI=1S/C16H24FN/c1-12-9-15(17)8-7-14(12)10-13-5-3-4-6-16(11-13)18-2/h7-9,13,16,18H,3-6,10-11H2,1-2H3. The predicted molar refractivity (Wildman–Crippen MR) is 74.3 cm³/mol. The summed E-state index contributed by atoms with van der Waals surface area (Å²) >= 11 is 0. The monoisotopic (exact) mass is 249 g/mol. The first-order chi connectivity index (χ1) is 8.69. The fourth-order valence-corrected chi connectivity index (χ4v) is 3.11. The molecule has 0 heterocycles. The summed E-state index contributed by atoms with van der Waals surface area (Å²) in [6.07, 6.45) is 7.65. The van der Waals surface area contributed by atoms with Crippen LogP contribution in [0.2, 0.25) is 0 Å². The van der Waals surface area contributed by atoms with Crippen molar-refractivity contribution in [3.8, 4) is 0 Å². The van der Waals surface area contributed by atoms with Crippen molar-refractivity contribution in [3.05, 3.63) is 35.1 Å². The Hall–Kier alpha value is -0.890. The molecule has 0 amide bonds. The number of aryl methyl sites for hydroxylation is 1. The van der Waals surface area contributed by atoms with Gasteiger partial charge in [-0.05, 0) is 62.4 Å². The molecule has 2 atom stereocenters. The van der Waals surface area contributed by atoms with Gasteiger partial charge in [-0.15, -0.1) is 0 Å². The zero-order chi connectivity index (χ0) is 13.0. The number of benzene rings is 1. The molecule has 0 spiro atoms. The van der Waals surface area contributed by atoms with Crippen molar-refractivity contribution in [2.75, 3.05) is 7.05 Å². The molecule has 18 heavy (non-hydrogen) atoms. The van der Waals surface area contributed by atoms with Crippen molar-refractivity contribution in [1.82, 2.24) is 5.32 Å². The van der Waals surface area contributed by atoms with E-state index < -0.39 is 0 Å². The molecular weight excluding hydrogens is 225 g/mol. The predicted octanol–water partition coefficient (Wildman–Crippen LogP) is 3.84. The van der Waals surface area contributed by atoms with E-state index in [1.165, 1.54) is 37.7 Å². The molecule has 1 fully saturated rings. The molecule has 2 rings (SSSR count). The van der Waals surface area contributed by atoms with E-state index in [0.717, 1.165) is 17.9 Å². The fraction of sp³-hybridized carbons (Fsp3) is 0.625. The van der Waals surface area contributed by atoms with Gasteiger partial charge in [-0.1, -0.05) is 25.3 Å². The lowest BCUT2D eigenvalue weighted by atomic mass is 9.89. The molecule has 1 aliphatic rings. The molecule has 0 aliphatic heterocycles. The second-order valence-electron chi connectivity index (χ2n) is 5.65. The molecular formula is C16H24FN. The van der Waals surface area contributed by atoms with Gasteiger partial charge < -0.3 is 5.32 Å². The Labute approximate surface area is 110 Å². The van der Waals surface area contributed by atoms with Crippen molar-refractivity contribution in [3.63, 3.8) is 0 Å². The minimum absolute atomic E-state index is 0.120. The largest absolute Gasteiger partial charge is 0.317 e. The second-order valence-corrected chi connectivity index (χ2v) is 5.65. The highest BCUT2D eigenvalue weighted by Gasteiger charge is 2.19. The molecule has 1 aliphatic carbocycles. The van der Waals surface area contributed by atoms with Crippen LogP contribution in [0.5, 0.6) is 0 Å². The minimum atomic E-state index is -0.120. The van der Waals surface area contributed by atoms with E-state index in [0.29, 0.717) is 6.04 Å². The lowest BCUT2D eigenvalue weighted by Gasteiger charge is -2.20. The summed E-state index contributed by atoms with van der Waals surface area (Å²) in [5, 5.41) is 3.42. The van der Waals surface area contributed by atoms with Crippen LogP contribution in [0.1, 0.15) is 43.2 Å². The zero-order valence-electron chi connectivity index (χ0n) is 11.5. The van der Waals surface area contributed by atoms with Gasteiger partial charge in [0.1, 0.15) is 5.82 Å². The SMILES string of the molecule is CNC1CCCCC(Cc2ccc(F)cc2C)C1. The fourth-order valence-electron chi connectivity index (χ4n) is 3.11. The van der Waals surface area contributed by atoms with E-state index in [-0.39, 0.29) is 5.82 Å². The van der Waals surface area contributed by atoms with E-state index in [4.69, 9.17) is 0 Å². The van der Waals surface area contributed by atoms with Gasteiger partial charge >= 0.3 is 0 Å². The summed E-state index contributed by atoms with van der Waals surface area (Å²) in [6.45, 7) is 2.02. The second kappa shape index (κ2) is 6.33. The molecule has 0 saturated heterocycles. The highest BCUT2D eigenvalue weighted by Crippen LogP contribution is 2.27. The lowest BCUT2D eigenvalue weighted by molar-refractivity contribution is 0.400. The number of nitrogens with one attached hydrogen (secondary N) is 1. The molecule has 100 valence electrons. The first kappa shape index (κ1) is 13.5. The number of hydrogen-bond acceptors (Lipinski definition) is 1. The molecule has 1 nitrogen and oxygen atoms in total. The van der Waals surface area contributed by atoms with E-state index in [1.54, 1.807) is 12.1 Å². The van der Waals surface area contributed by atoms with Crippen LogP contribution in [0, 0.1) is 18.7 Å². The summed E-state index contributed by atoms with van der Waals surface area (Å²) in [6, 6.07) is 5.87. The molecule has 2 unspecified atom stereocenters. The third-order valence-corrected chi connectivity index (χ3v) is 4.25. The van der Waals surface area contributed by atoms with E-state index in [2.05, 4.69) is 12.4 Å². The van der Waals surface area contributed by atoms with Crippen LogP contribution in [0.25, 0.3) is 0 Å². The van der Waals surface area contributed by atoms with E-state index in [1.807, 2.05) is 13.0 Å². The van der Waals surface area contributed by atoms with Gasteiger partial charge in [-0.25, -0.2) is 4.39 Å². The van der Waals surface area contributed by atoms with Crippen LogP contribution in [0.4, 0.5) is 4.39 Å². The first-order valence-corrected chi connectivity index (χ1v) is 7.11. The van der Waals surface area contributed by atoms with Crippen LogP contribution >= 0.6 is 0 Å². The Bertz CT molecular complexity index is 389. The average molecular weight is 249 g/mol. The van der Waals surface area contributed by atoms with Crippen molar-refractivity contribution < 1.29 is 4.39 Å². The summed E-state index contributed by atoms with van der Waals surface area (Å²) in [7, 11) is 2.07. The smallest absolute Gasteiger partial charge is 0.123 e. The molecule has 1 N–H and O–H groups in total. The van der Waals surface area contributed by atoms with E-state index >= 15 is 0 Å². The maximum Gasteiger partial charge on any atom is 0.123 e. The third-order valence-electron chi connectivity index (χ3n) is 4.25. The molecule has 2 heteroatoms. The first-order valence-electron chi connectivity index (χ1n) is 7.11. The Morgan fingerprint density at radius 1 is 1.28 bits per heavy atom.